The Morgan fingerprint density at radius 3 is 1.11 bits per heavy atom. The maximum Gasteiger partial charge on any atom is 2.00 e. The van der Waals surface area contributed by atoms with Crippen molar-refractivity contribution in [2.75, 3.05) is 0 Å². The second kappa shape index (κ2) is 13.2. The summed E-state index contributed by atoms with van der Waals surface area (Å²) in [7, 11) is 0. The van der Waals surface area contributed by atoms with Gasteiger partial charge in [0, 0.05) is 52.0 Å². The first-order chi connectivity index (χ1) is 25.4. The largest absolute Gasteiger partial charge is 2.00 e. The molecule has 0 unspecified atom stereocenters. The summed E-state index contributed by atoms with van der Waals surface area (Å²) in [5, 5.41) is 3.63. The normalized spacial score (nSPS) is 12.9. The maximum atomic E-state index is 5.27. The van der Waals surface area contributed by atoms with Gasteiger partial charge < -0.3 is 29.9 Å². The van der Waals surface area contributed by atoms with Crippen molar-refractivity contribution in [2.45, 2.75) is 78.6 Å². The SMILES string of the molecule is CC(C)(C)c1ccc2c(c1)-c1nc-2nc2[n-]c(nc3nc(nc4[n-]c(n1)c1ccc(C(C)(C)C)cc41)-c1cc(C(C)(C)C)ccc1-3)c1cc(I)c(I)cc21.[Zn+2]. The summed E-state index contributed by atoms with van der Waals surface area (Å²) < 4.78 is 2.22. The van der Waals surface area contributed by atoms with Gasteiger partial charge in [0.1, 0.15) is 0 Å². The van der Waals surface area contributed by atoms with E-state index in [0.717, 1.165) is 50.9 Å². The smallest absolute Gasteiger partial charge is 0.357 e. The van der Waals surface area contributed by atoms with E-state index in [2.05, 4.69) is 174 Å². The van der Waals surface area contributed by atoms with Crippen molar-refractivity contribution < 1.29 is 19.5 Å². The van der Waals surface area contributed by atoms with Crippen molar-refractivity contribution in [3.05, 3.63) is 90.6 Å². The van der Waals surface area contributed by atoms with Gasteiger partial charge in [-0.3, -0.25) is 0 Å². The Labute approximate surface area is 360 Å². The van der Waals surface area contributed by atoms with Crippen LogP contribution in [0.2, 0.25) is 0 Å². The Hall–Kier alpha value is -3.68. The van der Waals surface area contributed by atoms with Crippen LogP contribution < -0.4 is 9.97 Å². The summed E-state index contributed by atoms with van der Waals surface area (Å²) in [4.78, 5) is 41.4. The average molecular weight is 998 g/mol. The molecular weight excluding hydrogens is 960 g/mol. The van der Waals surface area contributed by atoms with Gasteiger partial charge >= 0.3 is 19.5 Å². The van der Waals surface area contributed by atoms with Crippen LogP contribution in [-0.2, 0) is 35.7 Å². The molecule has 5 heterocycles. The molecule has 0 saturated carbocycles. The first-order valence-corrected chi connectivity index (χ1v) is 20.2. The van der Waals surface area contributed by atoms with E-state index in [1.807, 2.05) is 0 Å². The molecule has 8 bridgehead atoms. The Morgan fingerprint density at radius 2 is 0.709 bits per heavy atom. The minimum absolute atomic E-state index is 0. The van der Waals surface area contributed by atoms with Crippen LogP contribution in [0.5, 0.6) is 0 Å². The van der Waals surface area contributed by atoms with Crippen LogP contribution in [0.3, 0.4) is 0 Å². The van der Waals surface area contributed by atoms with E-state index < -0.39 is 0 Å². The molecule has 0 saturated heterocycles. The second-order valence-electron chi connectivity index (χ2n) is 17.3. The molecule has 0 spiro atoms. The first-order valence-electron chi connectivity index (χ1n) is 18.1. The Bertz CT molecular complexity index is 2920. The van der Waals surface area contributed by atoms with Gasteiger partial charge in [0.25, 0.3) is 0 Å². The number of hydrogen-bond acceptors (Lipinski definition) is 6. The van der Waals surface area contributed by atoms with E-state index in [0.29, 0.717) is 45.9 Å². The minimum Gasteiger partial charge on any atom is -0.357 e. The molecular formula is C44H38I2N8Zn. The number of halogens is 2. The zero-order chi connectivity index (χ0) is 38.1. The van der Waals surface area contributed by atoms with Gasteiger partial charge in [-0.2, -0.15) is 0 Å². The number of benzene rings is 4. The van der Waals surface area contributed by atoms with E-state index in [1.54, 1.807) is 0 Å². The predicted molar refractivity (Wildman–Crippen MR) is 236 cm³/mol. The Kier molecular flexibility index (Phi) is 9.17. The fourth-order valence-electron chi connectivity index (χ4n) is 7.06. The van der Waals surface area contributed by atoms with E-state index in [1.165, 1.54) is 16.7 Å². The number of fused-ring (bicyclic) bond motifs is 20. The van der Waals surface area contributed by atoms with Crippen molar-refractivity contribution >= 4 is 89.3 Å². The Balaban J connectivity index is 0.00000427. The summed E-state index contributed by atoms with van der Waals surface area (Å²) in [6.45, 7) is 19.9. The number of aromatic nitrogens is 8. The van der Waals surface area contributed by atoms with Gasteiger partial charge in [-0.25, -0.2) is 9.97 Å². The molecule has 0 radical (unpaired) electrons. The monoisotopic (exact) mass is 996 g/mol. The number of nitrogens with zero attached hydrogens (tertiary/aromatic N) is 8. The predicted octanol–water partition coefficient (Wildman–Crippen LogP) is 11.2. The van der Waals surface area contributed by atoms with Gasteiger partial charge in [-0.1, -0.05) is 98.7 Å². The third-order valence-electron chi connectivity index (χ3n) is 10.3. The topological polar surface area (TPSA) is 106 Å². The maximum absolute atomic E-state index is 5.27. The molecule has 2 aliphatic heterocycles. The molecule has 2 aliphatic rings. The van der Waals surface area contributed by atoms with Gasteiger partial charge in [0.05, 0.1) is 23.3 Å². The van der Waals surface area contributed by atoms with Crippen molar-refractivity contribution in [3.63, 3.8) is 0 Å². The summed E-state index contributed by atoms with van der Waals surface area (Å²) in [5.74, 6) is 2.24. The molecule has 3 aromatic heterocycles. The van der Waals surface area contributed by atoms with Crippen LogP contribution >= 0.6 is 45.2 Å². The van der Waals surface area contributed by atoms with Crippen LogP contribution in [0.4, 0.5) is 0 Å². The third kappa shape index (κ3) is 6.61. The molecule has 7 aromatic rings. The van der Waals surface area contributed by atoms with Crippen molar-refractivity contribution in [3.8, 4) is 45.6 Å². The fraction of sp³-hybridized carbons (Fsp3) is 0.273. The quantitative estimate of drug-likeness (QED) is 0.109. The Morgan fingerprint density at radius 1 is 0.382 bits per heavy atom. The minimum atomic E-state index is -0.0821. The first kappa shape index (κ1) is 38.2. The van der Waals surface area contributed by atoms with Gasteiger partial charge in [0.2, 0.25) is 0 Å². The van der Waals surface area contributed by atoms with E-state index in [9.17, 15) is 0 Å². The molecule has 270 valence electrons. The van der Waals surface area contributed by atoms with Gasteiger partial charge in [0.15, 0.2) is 0 Å². The molecule has 11 heteroatoms. The average Bonchev–Trinajstić information content (AvgIpc) is 3.82. The third-order valence-corrected chi connectivity index (χ3v) is 13.2. The van der Waals surface area contributed by atoms with Crippen molar-refractivity contribution in [1.82, 2.24) is 39.9 Å². The van der Waals surface area contributed by atoms with E-state index >= 15 is 0 Å². The van der Waals surface area contributed by atoms with Crippen LogP contribution in [-0.4, -0.2) is 29.9 Å². The molecule has 55 heavy (non-hydrogen) atoms. The van der Waals surface area contributed by atoms with Crippen LogP contribution in [0.25, 0.3) is 89.7 Å². The molecule has 0 fully saturated rings. The summed E-state index contributed by atoms with van der Waals surface area (Å²) in [5.41, 5.74) is 9.18. The molecule has 8 nitrogen and oxygen atoms in total. The summed E-state index contributed by atoms with van der Waals surface area (Å²) in [6.07, 6.45) is 0. The second-order valence-corrected chi connectivity index (χ2v) is 19.7. The number of rotatable bonds is 0. The van der Waals surface area contributed by atoms with Crippen LogP contribution in [0.15, 0.2) is 66.7 Å². The molecule has 0 aliphatic carbocycles. The van der Waals surface area contributed by atoms with Crippen LogP contribution in [0, 0.1) is 7.14 Å². The molecule has 9 rings (SSSR count). The molecule has 0 atom stereocenters. The van der Waals surface area contributed by atoms with E-state index in [-0.39, 0.29) is 35.7 Å². The zero-order valence-electron chi connectivity index (χ0n) is 32.4. The molecule has 0 amide bonds. The number of hydrogen-bond donors (Lipinski definition) is 0. The zero-order valence-corrected chi connectivity index (χ0v) is 39.7. The van der Waals surface area contributed by atoms with Crippen molar-refractivity contribution in [2.24, 2.45) is 0 Å². The summed E-state index contributed by atoms with van der Waals surface area (Å²) >= 11 is 4.74. The fourth-order valence-corrected chi connectivity index (χ4v) is 7.99. The van der Waals surface area contributed by atoms with Gasteiger partial charge in [-0.15, -0.1) is 0 Å². The standard InChI is InChI=1S/C44H38I2N8.Zn/c1-42(2,3)21-10-13-24-27(16-21)37-47-34-25-14-11-22(43(4,5)6)17-28(25)38(49-34)53-39-29-18-23(44(7,8)9)12-15-26(29)36(50-39)52-41-31-20-33(46)32(45)19-30(31)40(54-41)51-35(24)48-37;/h10-20H,1-9H3;/q-2;+2. The van der Waals surface area contributed by atoms with Crippen LogP contribution in [0.1, 0.15) is 79.0 Å². The molecule has 0 N–H and O–H groups in total. The molecule has 4 aromatic carbocycles. The van der Waals surface area contributed by atoms with Gasteiger partial charge in [-0.05, 0) is 130 Å². The summed E-state index contributed by atoms with van der Waals surface area (Å²) in [6, 6.07) is 23.7. The van der Waals surface area contributed by atoms with E-state index in [4.69, 9.17) is 39.9 Å². The van der Waals surface area contributed by atoms with Crippen molar-refractivity contribution in [1.29, 1.82) is 0 Å².